The third-order valence-corrected chi connectivity index (χ3v) is 3.32. The molecule has 0 saturated heterocycles. The van der Waals surface area contributed by atoms with Gasteiger partial charge in [0.1, 0.15) is 5.75 Å². The second-order valence-corrected chi connectivity index (χ2v) is 5.39. The van der Waals surface area contributed by atoms with Gasteiger partial charge < -0.3 is 9.84 Å². The molecule has 1 aromatic heterocycles. The van der Waals surface area contributed by atoms with Crippen molar-refractivity contribution in [3.63, 3.8) is 0 Å². The minimum absolute atomic E-state index is 0.550. The fraction of sp³-hybridized carbons (Fsp3) is 0.357. The van der Waals surface area contributed by atoms with Gasteiger partial charge in [0.15, 0.2) is 0 Å². The van der Waals surface area contributed by atoms with E-state index in [1.807, 2.05) is 37.6 Å². The molecule has 1 atom stereocenters. The van der Waals surface area contributed by atoms with Crippen LogP contribution in [0.5, 0.6) is 5.75 Å². The highest BCUT2D eigenvalue weighted by Crippen LogP contribution is 2.28. The molecule has 0 amide bonds. The van der Waals surface area contributed by atoms with Crippen LogP contribution in [0.25, 0.3) is 0 Å². The lowest BCUT2D eigenvalue weighted by atomic mass is 10.1. The van der Waals surface area contributed by atoms with Crippen LogP contribution in [-0.4, -0.2) is 21.5 Å². The molecule has 0 aliphatic rings. The molecule has 0 unspecified atom stereocenters. The summed E-state index contributed by atoms with van der Waals surface area (Å²) in [6.45, 7) is 2.29. The van der Waals surface area contributed by atoms with Gasteiger partial charge >= 0.3 is 0 Å². The first-order chi connectivity index (χ1) is 9.06. The fourth-order valence-corrected chi connectivity index (χ4v) is 2.24. The second-order valence-electron chi connectivity index (χ2n) is 4.48. The monoisotopic (exact) mass is 324 g/mol. The Labute approximate surface area is 121 Å². The van der Waals surface area contributed by atoms with Crippen LogP contribution in [0.15, 0.2) is 35.1 Å². The third-order valence-electron chi connectivity index (χ3n) is 2.83. The van der Waals surface area contributed by atoms with E-state index >= 15 is 0 Å². The number of aromatic nitrogens is 2. The Morgan fingerprint density at radius 3 is 2.89 bits per heavy atom. The van der Waals surface area contributed by atoms with Crippen LogP contribution in [0.3, 0.4) is 0 Å². The zero-order valence-corrected chi connectivity index (χ0v) is 12.6. The Morgan fingerprint density at radius 2 is 2.26 bits per heavy atom. The van der Waals surface area contributed by atoms with E-state index in [1.54, 1.807) is 11.6 Å². The van der Waals surface area contributed by atoms with Gasteiger partial charge in [-0.3, -0.25) is 4.68 Å². The number of halogens is 1. The van der Waals surface area contributed by atoms with Crippen LogP contribution in [0.1, 0.15) is 24.2 Å². The molecule has 5 heteroatoms. The maximum absolute atomic E-state index is 9.73. The van der Waals surface area contributed by atoms with E-state index in [0.717, 1.165) is 27.8 Å². The zero-order chi connectivity index (χ0) is 13.8. The molecule has 1 aromatic carbocycles. The predicted octanol–water partition coefficient (Wildman–Crippen LogP) is 2.86. The van der Waals surface area contributed by atoms with Crippen LogP contribution in [-0.2, 0) is 13.5 Å². The van der Waals surface area contributed by atoms with E-state index in [4.69, 9.17) is 4.74 Å². The van der Waals surface area contributed by atoms with Gasteiger partial charge in [-0.15, -0.1) is 0 Å². The summed E-state index contributed by atoms with van der Waals surface area (Å²) in [7, 11) is 1.89. The SMILES string of the molecule is C[C@H](O)c1cc(Br)ccc1OCCc1cnn(C)c1. The first kappa shape index (κ1) is 14.1. The summed E-state index contributed by atoms with van der Waals surface area (Å²) in [5, 5.41) is 13.8. The minimum atomic E-state index is -0.550. The molecule has 19 heavy (non-hydrogen) atoms. The molecule has 102 valence electrons. The van der Waals surface area contributed by atoms with Gasteiger partial charge in [-0.2, -0.15) is 5.10 Å². The topological polar surface area (TPSA) is 47.3 Å². The fourth-order valence-electron chi connectivity index (χ4n) is 1.86. The second kappa shape index (κ2) is 6.21. The average Bonchev–Trinajstić information content (AvgIpc) is 2.77. The predicted molar refractivity (Wildman–Crippen MR) is 77.2 cm³/mol. The van der Waals surface area contributed by atoms with Crippen molar-refractivity contribution in [2.75, 3.05) is 6.61 Å². The molecule has 0 aliphatic carbocycles. The summed E-state index contributed by atoms with van der Waals surface area (Å²) in [4.78, 5) is 0. The lowest BCUT2D eigenvalue weighted by molar-refractivity contribution is 0.191. The summed E-state index contributed by atoms with van der Waals surface area (Å²) >= 11 is 3.39. The van der Waals surface area contributed by atoms with Gasteiger partial charge in [-0.25, -0.2) is 0 Å². The van der Waals surface area contributed by atoms with Gasteiger partial charge in [-0.05, 0) is 30.7 Å². The Morgan fingerprint density at radius 1 is 1.47 bits per heavy atom. The van der Waals surface area contributed by atoms with E-state index in [1.165, 1.54) is 0 Å². The van der Waals surface area contributed by atoms with Gasteiger partial charge in [0.05, 0.1) is 18.9 Å². The van der Waals surface area contributed by atoms with Crippen molar-refractivity contribution in [1.29, 1.82) is 0 Å². The van der Waals surface area contributed by atoms with Crippen molar-refractivity contribution < 1.29 is 9.84 Å². The molecule has 0 fully saturated rings. The molecular formula is C14H17BrN2O2. The maximum atomic E-state index is 9.73. The van der Waals surface area contributed by atoms with Crippen molar-refractivity contribution in [2.24, 2.45) is 7.05 Å². The number of aliphatic hydroxyl groups excluding tert-OH is 1. The summed E-state index contributed by atoms with van der Waals surface area (Å²) in [6.07, 6.45) is 4.05. The molecule has 0 spiro atoms. The molecule has 1 heterocycles. The molecule has 0 aliphatic heterocycles. The lowest BCUT2D eigenvalue weighted by Crippen LogP contribution is -2.04. The quantitative estimate of drug-likeness (QED) is 0.919. The maximum Gasteiger partial charge on any atom is 0.125 e. The smallest absolute Gasteiger partial charge is 0.125 e. The molecule has 2 aromatic rings. The van der Waals surface area contributed by atoms with E-state index in [2.05, 4.69) is 21.0 Å². The number of hydrogen-bond donors (Lipinski definition) is 1. The number of nitrogens with zero attached hydrogens (tertiary/aromatic N) is 2. The Balaban J connectivity index is 1.99. The van der Waals surface area contributed by atoms with Gasteiger partial charge in [0.25, 0.3) is 0 Å². The Hall–Kier alpha value is -1.33. The first-order valence-corrected chi connectivity index (χ1v) is 6.93. The molecule has 0 saturated carbocycles. The van der Waals surface area contributed by atoms with Crippen LogP contribution in [0.4, 0.5) is 0 Å². The minimum Gasteiger partial charge on any atom is -0.493 e. The largest absolute Gasteiger partial charge is 0.493 e. The number of hydrogen-bond acceptors (Lipinski definition) is 3. The third kappa shape index (κ3) is 3.81. The van der Waals surface area contributed by atoms with Crippen molar-refractivity contribution in [3.05, 3.63) is 46.2 Å². The highest BCUT2D eigenvalue weighted by molar-refractivity contribution is 9.10. The summed E-state index contributed by atoms with van der Waals surface area (Å²) < 4.78 is 8.46. The zero-order valence-electron chi connectivity index (χ0n) is 11.0. The highest BCUT2D eigenvalue weighted by Gasteiger charge is 2.10. The van der Waals surface area contributed by atoms with Crippen molar-refractivity contribution in [2.45, 2.75) is 19.4 Å². The van der Waals surface area contributed by atoms with Gasteiger partial charge in [0, 0.05) is 29.7 Å². The van der Waals surface area contributed by atoms with Gasteiger partial charge in [0.2, 0.25) is 0 Å². The number of benzene rings is 1. The van der Waals surface area contributed by atoms with E-state index in [-0.39, 0.29) is 0 Å². The number of aliphatic hydroxyl groups is 1. The molecular weight excluding hydrogens is 308 g/mol. The Bertz CT molecular complexity index is 552. The molecule has 1 N–H and O–H groups in total. The number of ether oxygens (including phenoxy) is 1. The number of rotatable bonds is 5. The van der Waals surface area contributed by atoms with Crippen molar-refractivity contribution in [1.82, 2.24) is 9.78 Å². The highest BCUT2D eigenvalue weighted by atomic mass is 79.9. The van der Waals surface area contributed by atoms with E-state index < -0.39 is 6.10 Å². The van der Waals surface area contributed by atoms with E-state index in [9.17, 15) is 5.11 Å². The number of aryl methyl sites for hydroxylation is 1. The van der Waals surface area contributed by atoms with Crippen molar-refractivity contribution >= 4 is 15.9 Å². The van der Waals surface area contributed by atoms with Crippen LogP contribution < -0.4 is 4.74 Å². The summed E-state index contributed by atoms with van der Waals surface area (Å²) in [6, 6.07) is 5.66. The lowest BCUT2D eigenvalue weighted by Gasteiger charge is -2.13. The summed E-state index contributed by atoms with van der Waals surface area (Å²) in [5.74, 6) is 0.724. The molecule has 0 radical (unpaired) electrons. The van der Waals surface area contributed by atoms with E-state index in [0.29, 0.717) is 6.61 Å². The first-order valence-electron chi connectivity index (χ1n) is 6.14. The molecule has 2 rings (SSSR count). The average molecular weight is 325 g/mol. The van der Waals surface area contributed by atoms with Crippen LogP contribution in [0.2, 0.25) is 0 Å². The Kier molecular flexibility index (Phi) is 4.61. The summed E-state index contributed by atoms with van der Waals surface area (Å²) in [5.41, 5.74) is 1.93. The molecule has 0 bridgehead atoms. The molecule has 4 nitrogen and oxygen atoms in total. The van der Waals surface area contributed by atoms with Crippen LogP contribution >= 0.6 is 15.9 Å². The van der Waals surface area contributed by atoms with Gasteiger partial charge in [-0.1, -0.05) is 15.9 Å². The normalized spacial score (nSPS) is 12.4. The van der Waals surface area contributed by atoms with Crippen molar-refractivity contribution in [3.8, 4) is 5.75 Å². The van der Waals surface area contributed by atoms with Crippen LogP contribution in [0, 0.1) is 0 Å². The standard InChI is InChI=1S/C14H17BrN2O2/c1-10(18)13-7-12(15)3-4-14(13)19-6-5-11-8-16-17(2)9-11/h3-4,7-10,18H,5-6H2,1-2H3/t10-/m0/s1.